The summed E-state index contributed by atoms with van der Waals surface area (Å²) in [6.45, 7) is 2.12. The predicted molar refractivity (Wildman–Crippen MR) is 119 cm³/mol. The fraction of sp³-hybridized carbons (Fsp3) is 0.300. The molecule has 4 heterocycles. The SMILES string of the molecule is Cc1nnc(SC2=C(C(=O)O)N3C(=O)[C@@H]4[C@H]3[C@H](C2)CN4C(=O)Nc2ccc(C(N)=O)cc2)s1.[H-].[Na+]. The summed E-state index contributed by atoms with van der Waals surface area (Å²) in [4.78, 5) is 52.5. The van der Waals surface area contributed by atoms with Gasteiger partial charge in [0.25, 0.3) is 5.91 Å². The van der Waals surface area contributed by atoms with Crippen molar-refractivity contribution >= 4 is 52.6 Å². The summed E-state index contributed by atoms with van der Waals surface area (Å²) in [7, 11) is 0. The summed E-state index contributed by atoms with van der Waals surface area (Å²) >= 11 is 2.56. The van der Waals surface area contributed by atoms with Crippen molar-refractivity contribution in [2.45, 2.75) is 29.8 Å². The van der Waals surface area contributed by atoms with E-state index >= 15 is 0 Å². The van der Waals surface area contributed by atoms with Crippen LogP contribution in [0.1, 0.15) is 23.2 Å². The number of nitrogens with zero attached hydrogens (tertiary/aromatic N) is 4. The average Bonchev–Trinajstić information content (AvgIpc) is 3.34. The van der Waals surface area contributed by atoms with Gasteiger partial charge in [0.2, 0.25) is 5.91 Å². The van der Waals surface area contributed by atoms with Crippen molar-refractivity contribution < 1.29 is 55.3 Å². The minimum atomic E-state index is -1.18. The third-order valence-corrected chi connectivity index (χ3v) is 7.91. The van der Waals surface area contributed by atoms with Crippen LogP contribution in [0.4, 0.5) is 10.5 Å². The number of primary amides is 1. The summed E-state index contributed by atoms with van der Waals surface area (Å²) in [5.74, 6) is -2.25. The van der Waals surface area contributed by atoms with Crippen LogP contribution in [0.25, 0.3) is 0 Å². The van der Waals surface area contributed by atoms with Crippen molar-refractivity contribution in [1.29, 1.82) is 0 Å². The largest absolute Gasteiger partial charge is 1.00 e. The molecule has 2 saturated heterocycles. The molecule has 11 nitrogen and oxygen atoms in total. The molecule has 0 bridgehead atoms. The van der Waals surface area contributed by atoms with E-state index in [2.05, 4.69) is 15.5 Å². The van der Waals surface area contributed by atoms with Crippen LogP contribution in [0.5, 0.6) is 0 Å². The first-order valence-corrected chi connectivity index (χ1v) is 11.6. The number of β-lactam (4-membered cyclic amide) rings is 1. The Hall–Kier alpha value is -2.45. The monoisotopic (exact) mass is 510 g/mol. The number of thioether (sulfide) groups is 1. The van der Waals surface area contributed by atoms with Gasteiger partial charge in [0.15, 0.2) is 4.34 Å². The number of amides is 4. The van der Waals surface area contributed by atoms with Crippen LogP contribution in [0.2, 0.25) is 0 Å². The zero-order valence-corrected chi connectivity index (χ0v) is 21.9. The molecule has 172 valence electrons. The number of benzene rings is 1. The van der Waals surface area contributed by atoms with Crippen LogP contribution < -0.4 is 40.6 Å². The molecule has 0 spiro atoms. The Kier molecular flexibility index (Phi) is 6.75. The zero-order chi connectivity index (χ0) is 23.4. The molecule has 0 radical (unpaired) electrons. The quantitative estimate of drug-likeness (QED) is 0.327. The summed E-state index contributed by atoms with van der Waals surface area (Å²) in [6.07, 6.45) is 0.424. The number of hydrogen-bond acceptors (Lipinski definition) is 8. The Bertz CT molecular complexity index is 1240. The van der Waals surface area contributed by atoms with Gasteiger partial charge in [-0.2, -0.15) is 0 Å². The number of nitrogens with one attached hydrogen (secondary N) is 1. The average molecular weight is 511 g/mol. The zero-order valence-electron chi connectivity index (χ0n) is 19.2. The number of rotatable bonds is 5. The molecule has 2 fully saturated rings. The fourth-order valence-electron chi connectivity index (χ4n) is 4.53. The van der Waals surface area contributed by atoms with Gasteiger partial charge in [0.05, 0.1) is 6.04 Å². The number of allylic oxidation sites excluding steroid dienone is 1. The molecule has 1 aromatic carbocycles. The van der Waals surface area contributed by atoms with Crippen molar-refractivity contribution in [2.24, 2.45) is 11.7 Å². The van der Waals surface area contributed by atoms with E-state index in [9.17, 15) is 24.3 Å². The second-order valence-corrected chi connectivity index (χ2v) is 10.4. The molecule has 0 saturated carbocycles. The van der Waals surface area contributed by atoms with E-state index in [1.165, 1.54) is 45.0 Å². The van der Waals surface area contributed by atoms with Crippen LogP contribution in [-0.2, 0) is 9.59 Å². The molecule has 3 aliphatic rings. The topological polar surface area (TPSA) is 159 Å². The van der Waals surface area contributed by atoms with E-state index in [1.807, 2.05) is 6.92 Å². The second-order valence-electron chi connectivity index (χ2n) is 7.90. The smallest absolute Gasteiger partial charge is 1.00 e. The minimum absolute atomic E-state index is 0. The summed E-state index contributed by atoms with van der Waals surface area (Å²) < 4.78 is 0.608. The summed E-state index contributed by atoms with van der Waals surface area (Å²) in [5, 5.41) is 21.3. The van der Waals surface area contributed by atoms with Crippen LogP contribution >= 0.6 is 23.1 Å². The molecule has 34 heavy (non-hydrogen) atoms. The number of hydrogen-bond donors (Lipinski definition) is 3. The number of nitrogens with two attached hydrogens (primary N) is 1. The Labute approximate surface area is 225 Å². The van der Waals surface area contributed by atoms with Crippen LogP contribution in [0, 0.1) is 12.8 Å². The van der Waals surface area contributed by atoms with E-state index in [0.717, 1.165) is 5.01 Å². The van der Waals surface area contributed by atoms with E-state index < -0.39 is 29.9 Å². The minimum Gasteiger partial charge on any atom is -1.00 e. The molecule has 3 aliphatic heterocycles. The second kappa shape index (κ2) is 9.30. The van der Waals surface area contributed by atoms with Gasteiger partial charge in [-0.1, -0.05) is 23.1 Å². The van der Waals surface area contributed by atoms with Crippen LogP contribution in [0.15, 0.2) is 39.2 Å². The molecule has 14 heteroatoms. The number of aliphatic carboxylic acids is 1. The fourth-order valence-corrected chi connectivity index (χ4v) is 6.65. The van der Waals surface area contributed by atoms with E-state index in [-0.39, 0.29) is 48.6 Å². The number of carboxylic acids is 1. The van der Waals surface area contributed by atoms with Crippen molar-refractivity contribution in [3.63, 3.8) is 0 Å². The first-order chi connectivity index (χ1) is 15.7. The Morgan fingerprint density at radius 1 is 1.26 bits per heavy atom. The molecular weight excluding hydrogens is 491 g/mol. The normalized spacial score (nSPS) is 22.6. The predicted octanol–water partition coefficient (Wildman–Crippen LogP) is -1.40. The standard InChI is InChI=1S/C20H18N6O5S2.Na.H/c1-8-23-24-20(32-8)33-12-6-10-7-25(15-13(10)26(17(15)28)14(12)18(29)30)19(31)22-11-4-2-9(3-5-11)16(21)27;;/h2-5,10,13,15H,6-7H2,1H3,(H2,21,27)(H,22,31)(H,29,30);;/q;+1;-1/t10-,13-,15+;;/m1../s1. The molecular formula is C20H19N6NaO5S2. The van der Waals surface area contributed by atoms with Crippen molar-refractivity contribution in [2.75, 3.05) is 11.9 Å². The Morgan fingerprint density at radius 3 is 2.56 bits per heavy atom. The maximum absolute atomic E-state index is 13.0. The third kappa shape index (κ3) is 4.11. The van der Waals surface area contributed by atoms with Gasteiger partial charge in [0, 0.05) is 28.6 Å². The number of aromatic nitrogens is 2. The van der Waals surface area contributed by atoms with Gasteiger partial charge >= 0.3 is 41.6 Å². The molecule has 2 aromatic rings. The molecule has 3 atom stereocenters. The first kappa shape index (κ1) is 24.7. The molecule has 0 aliphatic carbocycles. The van der Waals surface area contributed by atoms with Crippen molar-refractivity contribution in [3.8, 4) is 0 Å². The van der Waals surface area contributed by atoms with Gasteiger partial charge in [0.1, 0.15) is 16.7 Å². The Balaban J connectivity index is 0.00000171. The number of aryl methyl sites for hydroxylation is 1. The van der Waals surface area contributed by atoms with Gasteiger partial charge in [-0.25, -0.2) is 9.59 Å². The van der Waals surface area contributed by atoms with Gasteiger partial charge in [-0.15, -0.1) is 10.2 Å². The van der Waals surface area contributed by atoms with Crippen LogP contribution in [-0.4, -0.2) is 67.5 Å². The first-order valence-electron chi connectivity index (χ1n) is 9.99. The van der Waals surface area contributed by atoms with E-state index in [1.54, 1.807) is 12.1 Å². The van der Waals surface area contributed by atoms with Gasteiger partial charge < -0.3 is 22.5 Å². The maximum atomic E-state index is 13.0. The number of anilines is 1. The number of urea groups is 1. The van der Waals surface area contributed by atoms with Crippen LogP contribution in [0.3, 0.4) is 0 Å². The maximum Gasteiger partial charge on any atom is 1.00 e. The Morgan fingerprint density at radius 2 is 1.97 bits per heavy atom. The number of carbonyl (C=O) groups excluding carboxylic acids is 3. The van der Waals surface area contributed by atoms with Crippen molar-refractivity contribution in [3.05, 3.63) is 45.4 Å². The number of carboxylic acid groups (broad SMARTS) is 1. The van der Waals surface area contributed by atoms with Gasteiger partial charge in [-0.05, 0) is 37.6 Å². The van der Waals surface area contributed by atoms with Gasteiger partial charge in [-0.3, -0.25) is 14.5 Å². The van der Waals surface area contributed by atoms with Crippen molar-refractivity contribution in [1.82, 2.24) is 20.0 Å². The molecule has 4 N–H and O–H groups in total. The third-order valence-electron chi connectivity index (χ3n) is 5.92. The number of likely N-dealkylation sites (tertiary alicyclic amines) is 1. The number of carbonyl (C=O) groups is 4. The van der Waals surface area contributed by atoms with E-state index in [0.29, 0.717) is 33.5 Å². The summed E-state index contributed by atoms with van der Waals surface area (Å²) in [6, 6.07) is 4.58. The molecule has 4 amide bonds. The molecule has 0 unspecified atom stereocenters. The summed E-state index contributed by atoms with van der Waals surface area (Å²) in [5.41, 5.74) is 5.96. The molecule has 5 rings (SSSR count). The molecule has 1 aromatic heterocycles. The van der Waals surface area contributed by atoms with E-state index in [4.69, 9.17) is 5.73 Å².